The molecule has 3 atom stereocenters. The standard InChI is InChI=1S/C12H19FN6O4/c1-3-15-9-4-5-19(11(22)16-9)10(6-13)23-12(7-20,8(2)21)17-18-14/h4-5,8,10,20-21H,3,6-7H2,1-2H3,(H,15,16,22)/t8-,10-,12-/m1/s1. The molecule has 23 heavy (non-hydrogen) atoms. The van der Waals surface area contributed by atoms with Gasteiger partial charge in [0.15, 0.2) is 12.0 Å². The van der Waals surface area contributed by atoms with E-state index in [1.165, 1.54) is 19.2 Å². The van der Waals surface area contributed by atoms with Crippen molar-refractivity contribution >= 4 is 5.82 Å². The minimum Gasteiger partial charge on any atom is -0.393 e. The summed E-state index contributed by atoms with van der Waals surface area (Å²) in [5.74, 6) is 0.311. The van der Waals surface area contributed by atoms with Crippen molar-refractivity contribution in [1.29, 1.82) is 0 Å². The number of aliphatic hydroxyl groups excluding tert-OH is 2. The maximum Gasteiger partial charge on any atom is 0.351 e. The van der Waals surface area contributed by atoms with Crippen molar-refractivity contribution in [3.63, 3.8) is 0 Å². The lowest BCUT2D eigenvalue weighted by atomic mass is 10.1. The van der Waals surface area contributed by atoms with Gasteiger partial charge in [-0.3, -0.25) is 4.57 Å². The number of nitrogens with one attached hydrogen (secondary N) is 1. The van der Waals surface area contributed by atoms with Crippen LogP contribution in [0.5, 0.6) is 0 Å². The van der Waals surface area contributed by atoms with Crippen LogP contribution in [0.25, 0.3) is 10.4 Å². The molecule has 0 unspecified atom stereocenters. The smallest absolute Gasteiger partial charge is 0.351 e. The molecule has 1 rings (SSSR count). The first kappa shape index (κ1) is 18.8. The van der Waals surface area contributed by atoms with Gasteiger partial charge in [-0.05, 0) is 25.4 Å². The van der Waals surface area contributed by atoms with E-state index >= 15 is 0 Å². The predicted molar refractivity (Wildman–Crippen MR) is 79.4 cm³/mol. The third-order valence-corrected chi connectivity index (χ3v) is 3.06. The molecule has 0 spiro atoms. The summed E-state index contributed by atoms with van der Waals surface area (Å²) in [7, 11) is 0. The third kappa shape index (κ3) is 4.39. The van der Waals surface area contributed by atoms with Crippen LogP contribution in [0.2, 0.25) is 0 Å². The zero-order valence-electron chi connectivity index (χ0n) is 12.8. The number of alkyl halides is 1. The normalized spacial score (nSPS) is 16.0. The van der Waals surface area contributed by atoms with E-state index in [0.717, 1.165) is 4.57 Å². The van der Waals surface area contributed by atoms with Crippen LogP contribution in [-0.2, 0) is 4.74 Å². The Labute approximate surface area is 131 Å². The van der Waals surface area contributed by atoms with Gasteiger partial charge < -0.3 is 20.3 Å². The molecule has 0 fully saturated rings. The number of anilines is 1. The fourth-order valence-corrected chi connectivity index (χ4v) is 1.79. The average Bonchev–Trinajstić information content (AvgIpc) is 2.52. The molecule has 3 N–H and O–H groups in total. The number of aromatic nitrogens is 2. The minimum atomic E-state index is -2.12. The van der Waals surface area contributed by atoms with E-state index in [2.05, 4.69) is 20.3 Å². The first-order valence-electron chi connectivity index (χ1n) is 6.86. The van der Waals surface area contributed by atoms with Gasteiger partial charge in [-0.15, -0.1) is 0 Å². The molecule has 10 nitrogen and oxygen atoms in total. The topological polar surface area (TPSA) is 145 Å². The molecule has 0 saturated heterocycles. The minimum absolute atomic E-state index is 0.311. The van der Waals surface area contributed by atoms with Crippen LogP contribution < -0.4 is 11.0 Å². The van der Waals surface area contributed by atoms with Crippen molar-refractivity contribution in [2.75, 3.05) is 25.1 Å². The summed E-state index contributed by atoms with van der Waals surface area (Å²) in [6.07, 6.45) is -1.72. The number of hydrogen-bond donors (Lipinski definition) is 3. The van der Waals surface area contributed by atoms with Gasteiger partial charge in [0.1, 0.15) is 12.5 Å². The van der Waals surface area contributed by atoms with Crippen LogP contribution in [0, 0.1) is 0 Å². The summed E-state index contributed by atoms with van der Waals surface area (Å²) in [6.45, 7) is 1.50. The molecule has 128 valence electrons. The number of hydrogen-bond acceptors (Lipinski definition) is 7. The van der Waals surface area contributed by atoms with Crippen LogP contribution in [0.15, 0.2) is 22.2 Å². The van der Waals surface area contributed by atoms with Crippen molar-refractivity contribution < 1.29 is 19.3 Å². The second-order valence-corrected chi connectivity index (χ2v) is 4.63. The second kappa shape index (κ2) is 8.44. The number of azide groups is 1. The lowest BCUT2D eigenvalue weighted by molar-refractivity contribution is -0.193. The monoisotopic (exact) mass is 330 g/mol. The Bertz CT molecular complexity index is 618. The lowest BCUT2D eigenvalue weighted by Gasteiger charge is -2.33. The molecule has 0 bridgehead atoms. The first-order chi connectivity index (χ1) is 10.9. The maximum atomic E-state index is 13.3. The van der Waals surface area contributed by atoms with E-state index in [4.69, 9.17) is 10.3 Å². The number of aliphatic hydroxyl groups is 2. The summed E-state index contributed by atoms with van der Waals surface area (Å²) in [4.78, 5) is 18.1. The van der Waals surface area contributed by atoms with Gasteiger partial charge in [0.05, 0.1) is 12.7 Å². The van der Waals surface area contributed by atoms with Crippen LogP contribution in [0.4, 0.5) is 10.2 Å². The molecule has 11 heteroatoms. The van der Waals surface area contributed by atoms with Gasteiger partial charge in [-0.25, -0.2) is 9.18 Å². The molecule has 1 aromatic heterocycles. The van der Waals surface area contributed by atoms with E-state index in [9.17, 15) is 19.4 Å². The predicted octanol–water partition coefficient (Wildman–Crippen LogP) is 0.539. The number of nitrogens with zero attached hydrogens (tertiary/aromatic N) is 5. The van der Waals surface area contributed by atoms with E-state index in [1.54, 1.807) is 0 Å². The van der Waals surface area contributed by atoms with Gasteiger partial charge in [0.2, 0.25) is 0 Å². The van der Waals surface area contributed by atoms with Crippen molar-refractivity contribution in [3.8, 4) is 0 Å². The summed E-state index contributed by atoms with van der Waals surface area (Å²) >= 11 is 0. The van der Waals surface area contributed by atoms with Crippen molar-refractivity contribution in [2.24, 2.45) is 5.11 Å². The van der Waals surface area contributed by atoms with Gasteiger partial charge in [-0.1, -0.05) is 5.11 Å². The Morgan fingerprint density at radius 3 is 2.83 bits per heavy atom. The zero-order chi connectivity index (χ0) is 17.5. The molecular formula is C12H19FN6O4. The molecule has 0 amide bonds. The molecule has 0 saturated carbocycles. The highest BCUT2D eigenvalue weighted by molar-refractivity contribution is 5.31. The largest absolute Gasteiger partial charge is 0.393 e. The molecule has 0 radical (unpaired) electrons. The fourth-order valence-electron chi connectivity index (χ4n) is 1.79. The van der Waals surface area contributed by atoms with E-state index < -0.39 is 37.0 Å². The Morgan fingerprint density at radius 1 is 1.70 bits per heavy atom. The van der Waals surface area contributed by atoms with Crippen molar-refractivity contribution in [3.05, 3.63) is 33.2 Å². The van der Waals surface area contributed by atoms with Gasteiger partial charge in [-0.2, -0.15) is 4.98 Å². The number of halogens is 1. The molecule has 0 aliphatic rings. The van der Waals surface area contributed by atoms with Crippen molar-refractivity contribution in [2.45, 2.75) is 31.9 Å². The van der Waals surface area contributed by atoms with Crippen molar-refractivity contribution in [1.82, 2.24) is 9.55 Å². The molecular weight excluding hydrogens is 311 g/mol. The Balaban J connectivity index is 3.17. The second-order valence-electron chi connectivity index (χ2n) is 4.63. The molecule has 1 aromatic rings. The summed E-state index contributed by atoms with van der Waals surface area (Å²) in [5.41, 5.74) is 5.64. The quantitative estimate of drug-likeness (QED) is 0.342. The summed E-state index contributed by atoms with van der Waals surface area (Å²) in [5, 5.41) is 25.1. The lowest BCUT2D eigenvalue weighted by Crippen LogP contribution is -2.48. The van der Waals surface area contributed by atoms with Crippen LogP contribution >= 0.6 is 0 Å². The Kier molecular flexibility index (Phi) is 6.91. The van der Waals surface area contributed by atoms with Crippen LogP contribution in [-0.4, -0.2) is 51.4 Å². The molecule has 1 heterocycles. The highest BCUT2D eigenvalue weighted by Crippen LogP contribution is 2.25. The van der Waals surface area contributed by atoms with Crippen LogP contribution in [0.3, 0.4) is 0 Å². The number of ether oxygens (including phenoxy) is 1. The van der Waals surface area contributed by atoms with Gasteiger partial charge in [0.25, 0.3) is 0 Å². The first-order valence-corrected chi connectivity index (χ1v) is 6.86. The Hall–Kier alpha value is -2.20. The SMILES string of the molecule is CCNc1ccn([C@@H](CF)O[C@@](CO)(N=[N+]=[N-])[C@@H](C)O)c(=O)n1. The van der Waals surface area contributed by atoms with E-state index in [-0.39, 0.29) is 0 Å². The molecule has 0 aliphatic carbocycles. The van der Waals surface area contributed by atoms with Gasteiger partial charge >= 0.3 is 5.69 Å². The van der Waals surface area contributed by atoms with Gasteiger partial charge in [0, 0.05) is 17.7 Å². The summed E-state index contributed by atoms with van der Waals surface area (Å²) < 4.78 is 19.4. The van der Waals surface area contributed by atoms with E-state index in [1.807, 2.05) is 6.92 Å². The highest BCUT2D eigenvalue weighted by atomic mass is 19.1. The average molecular weight is 330 g/mol. The fraction of sp³-hybridized carbons (Fsp3) is 0.667. The molecule has 0 aromatic carbocycles. The highest BCUT2D eigenvalue weighted by Gasteiger charge is 2.38. The zero-order valence-corrected chi connectivity index (χ0v) is 12.8. The maximum absolute atomic E-state index is 13.3. The third-order valence-electron chi connectivity index (χ3n) is 3.06. The van der Waals surface area contributed by atoms with Crippen LogP contribution in [0.1, 0.15) is 20.1 Å². The summed E-state index contributed by atoms with van der Waals surface area (Å²) in [6, 6.07) is 1.44. The molecule has 0 aliphatic heterocycles. The van der Waals surface area contributed by atoms with E-state index in [0.29, 0.717) is 12.4 Å². The Morgan fingerprint density at radius 2 is 2.39 bits per heavy atom. The number of rotatable bonds is 9.